The van der Waals surface area contributed by atoms with E-state index >= 15 is 0 Å². The fourth-order valence-electron chi connectivity index (χ4n) is 2.14. The number of hydrogen-bond donors (Lipinski definition) is 1. The molecule has 0 unspecified atom stereocenters. The lowest BCUT2D eigenvalue weighted by Gasteiger charge is -2.23. The monoisotopic (exact) mass is 416 g/mol. The fraction of sp³-hybridized carbons (Fsp3) is 0.133. The van der Waals surface area contributed by atoms with Crippen molar-refractivity contribution in [2.24, 2.45) is 5.73 Å². The van der Waals surface area contributed by atoms with E-state index in [9.17, 15) is 31.1 Å². The van der Waals surface area contributed by atoms with Gasteiger partial charge < -0.3 is 5.73 Å². The number of carbonyl (C=O) groups excluding carboxylic acids is 1. The number of urea groups is 1. The molecule has 0 aliphatic rings. The summed E-state index contributed by atoms with van der Waals surface area (Å²) in [5.74, 6) is 0. The van der Waals surface area contributed by atoms with E-state index in [1.165, 1.54) is 0 Å². The number of halogens is 8. The first-order valence-corrected chi connectivity index (χ1v) is 7.41. The largest absolute Gasteiger partial charge is 0.417 e. The Kier molecular flexibility index (Phi) is 5.34. The average molecular weight is 417 g/mol. The Morgan fingerprint density at radius 3 is 1.42 bits per heavy atom. The third-order valence-electron chi connectivity index (χ3n) is 3.25. The van der Waals surface area contributed by atoms with Gasteiger partial charge in [0.05, 0.1) is 32.5 Å². The minimum atomic E-state index is -4.84. The van der Waals surface area contributed by atoms with Crippen LogP contribution in [-0.2, 0) is 12.4 Å². The van der Waals surface area contributed by atoms with Crippen molar-refractivity contribution in [1.29, 1.82) is 0 Å². The molecule has 140 valence electrons. The highest BCUT2D eigenvalue weighted by atomic mass is 35.5. The van der Waals surface area contributed by atoms with Crippen LogP contribution in [0.25, 0.3) is 0 Å². The number of benzene rings is 2. The van der Waals surface area contributed by atoms with E-state index in [0.29, 0.717) is 17.0 Å². The maximum atomic E-state index is 13.0. The first kappa shape index (κ1) is 20.2. The zero-order valence-corrected chi connectivity index (χ0v) is 13.9. The molecule has 0 saturated heterocycles. The van der Waals surface area contributed by atoms with Gasteiger partial charge in [-0.1, -0.05) is 23.2 Å². The van der Waals surface area contributed by atoms with Gasteiger partial charge in [0.15, 0.2) is 0 Å². The van der Waals surface area contributed by atoms with Gasteiger partial charge in [-0.3, -0.25) is 4.90 Å². The van der Waals surface area contributed by atoms with E-state index in [-0.39, 0.29) is 0 Å². The Morgan fingerprint density at radius 1 is 0.808 bits per heavy atom. The quantitative estimate of drug-likeness (QED) is 0.578. The predicted octanol–water partition coefficient (Wildman–Crippen LogP) is 6.25. The number of hydrogen-bond acceptors (Lipinski definition) is 1. The summed E-state index contributed by atoms with van der Waals surface area (Å²) in [4.78, 5) is 12.2. The van der Waals surface area contributed by atoms with Gasteiger partial charge >= 0.3 is 18.4 Å². The van der Waals surface area contributed by atoms with Crippen molar-refractivity contribution in [2.75, 3.05) is 4.90 Å². The zero-order chi connectivity index (χ0) is 19.9. The lowest BCUT2D eigenvalue weighted by atomic mass is 10.1. The molecule has 0 bridgehead atoms. The first-order chi connectivity index (χ1) is 11.8. The lowest BCUT2D eigenvalue weighted by molar-refractivity contribution is -0.138. The van der Waals surface area contributed by atoms with Crippen LogP contribution in [0, 0.1) is 0 Å². The number of amides is 2. The molecule has 0 aliphatic heterocycles. The maximum Gasteiger partial charge on any atom is 0.417 e. The zero-order valence-electron chi connectivity index (χ0n) is 12.4. The van der Waals surface area contributed by atoms with Crippen LogP contribution in [0.2, 0.25) is 10.0 Å². The molecular formula is C15H8Cl2F6N2O. The molecule has 11 heteroatoms. The second-order valence-electron chi connectivity index (χ2n) is 5.00. The van der Waals surface area contributed by atoms with Crippen molar-refractivity contribution in [1.82, 2.24) is 0 Å². The SMILES string of the molecule is NC(=O)N(c1ccc(Cl)c(C(F)(F)F)c1)c1ccc(Cl)c(C(F)(F)F)c1. The van der Waals surface area contributed by atoms with Crippen LogP contribution in [0.5, 0.6) is 0 Å². The molecule has 0 saturated carbocycles. The Morgan fingerprint density at radius 2 is 1.15 bits per heavy atom. The molecular weight excluding hydrogens is 409 g/mol. The number of primary amides is 1. The minimum Gasteiger partial charge on any atom is -0.351 e. The second-order valence-corrected chi connectivity index (χ2v) is 5.81. The molecule has 0 aliphatic carbocycles. The van der Waals surface area contributed by atoms with Gasteiger partial charge in [-0.05, 0) is 36.4 Å². The van der Waals surface area contributed by atoms with Crippen LogP contribution in [0.1, 0.15) is 11.1 Å². The Labute approximate surface area is 152 Å². The normalized spacial score (nSPS) is 12.2. The van der Waals surface area contributed by atoms with Gasteiger partial charge in [-0.25, -0.2) is 4.79 Å². The minimum absolute atomic E-state index is 0.412. The number of nitrogens with zero attached hydrogens (tertiary/aromatic N) is 1. The summed E-state index contributed by atoms with van der Waals surface area (Å²) in [6, 6.07) is 3.47. The Hall–Kier alpha value is -2.13. The highest BCUT2D eigenvalue weighted by Gasteiger charge is 2.36. The van der Waals surface area contributed by atoms with Crippen LogP contribution in [-0.4, -0.2) is 6.03 Å². The molecule has 26 heavy (non-hydrogen) atoms. The summed E-state index contributed by atoms with van der Waals surface area (Å²) in [6.07, 6.45) is -9.68. The molecule has 0 atom stereocenters. The summed E-state index contributed by atoms with van der Waals surface area (Å²) in [6.45, 7) is 0. The number of nitrogens with two attached hydrogens (primary N) is 1. The van der Waals surface area contributed by atoms with E-state index in [0.717, 1.165) is 24.3 Å². The van der Waals surface area contributed by atoms with Gasteiger partial charge in [-0.2, -0.15) is 26.3 Å². The highest BCUT2D eigenvalue weighted by molar-refractivity contribution is 6.32. The molecule has 2 amide bonds. The second kappa shape index (κ2) is 6.88. The molecule has 2 aromatic rings. The van der Waals surface area contributed by atoms with Gasteiger partial charge in [-0.15, -0.1) is 0 Å². The van der Waals surface area contributed by atoms with Crippen molar-refractivity contribution >= 4 is 40.6 Å². The van der Waals surface area contributed by atoms with E-state index in [1.807, 2.05) is 0 Å². The van der Waals surface area contributed by atoms with Crippen molar-refractivity contribution in [3.05, 3.63) is 57.6 Å². The molecule has 2 N–H and O–H groups in total. The standard InChI is InChI=1S/C15H8Cl2F6N2O/c16-11-3-1-7(5-9(11)14(18,19)20)25(13(24)26)8-2-4-12(17)10(6-8)15(21,22)23/h1-6H,(H2,24,26). The molecule has 0 aromatic heterocycles. The van der Waals surface area contributed by atoms with Crippen molar-refractivity contribution in [3.63, 3.8) is 0 Å². The van der Waals surface area contributed by atoms with Crippen molar-refractivity contribution in [3.8, 4) is 0 Å². The number of alkyl halides is 6. The summed E-state index contributed by atoms with van der Waals surface area (Å²) >= 11 is 11.0. The van der Waals surface area contributed by atoms with Crippen LogP contribution in [0.4, 0.5) is 42.5 Å². The summed E-state index contributed by atoms with van der Waals surface area (Å²) in [7, 11) is 0. The molecule has 3 nitrogen and oxygen atoms in total. The Bertz CT molecular complexity index is 788. The molecule has 0 fully saturated rings. The van der Waals surface area contributed by atoms with E-state index in [1.54, 1.807) is 0 Å². The molecule has 0 heterocycles. The van der Waals surface area contributed by atoms with Gasteiger partial charge in [0.2, 0.25) is 0 Å². The highest BCUT2D eigenvalue weighted by Crippen LogP contribution is 2.41. The van der Waals surface area contributed by atoms with Crippen LogP contribution in [0.3, 0.4) is 0 Å². The molecule has 2 aromatic carbocycles. The number of rotatable bonds is 2. The van der Waals surface area contributed by atoms with Gasteiger partial charge in [0, 0.05) is 0 Å². The molecule has 0 radical (unpaired) electrons. The fourth-order valence-corrected chi connectivity index (χ4v) is 2.59. The maximum absolute atomic E-state index is 13.0. The smallest absolute Gasteiger partial charge is 0.351 e. The van der Waals surface area contributed by atoms with Crippen molar-refractivity contribution < 1.29 is 31.1 Å². The molecule has 0 spiro atoms. The lowest BCUT2D eigenvalue weighted by Crippen LogP contribution is -2.32. The third kappa shape index (κ3) is 4.16. The van der Waals surface area contributed by atoms with E-state index in [2.05, 4.69) is 0 Å². The van der Waals surface area contributed by atoms with Crippen molar-refractivity contribution in [2.45, 2.75) is 12.4 Å². The van der Waals surface area contributed by atoms with E-state index in [4.69, 9.17) is 28.9 Å². The van der Waals surface area contributed by atoms with Crippen LogP contribution in [0.15, 0.2) is 36.4 Å². The summed E-state index contributed by atoms with van der Waals surface area (Å²) in [5, 5.41) is -1.28. The summed E-state index contributed by atoms with van der Waals surface area (Å²) in [5.41, 5.74) is 1.79. The third-order valence-corrected chi connectivity index (χ3v) is 3.91. The Balaban J connectivity index is 2.64. The predicted molar refractivity (Wildman–Crippen MR) is 84.6 cm³/mol. The van der Waals surface area contributed by atoms with E-state index < -0.39 is 50.9 Å². The van der Waals surface area contributed by atoms with Crippen LogP contribution >= 0.6 is 23.2 Å². The topological polar surface area (TPSA) is 46.3 Å². The van der Waals surface area contributed by atoms with Gasteiger partial charge in [0.25, 0.3) is 0 Å². The molecule has 2 rings (SSSR count). The number of anilines is 2. The average Bonchev–Trinajstić information content (AvgIpc) is 2.48. The van der Waals surface area contributed by atoms with Gasteiger partial charge in [0.1, 0.15) is 0 Å². The summed E-state index contributed by atoms with van der Waals surface area (Å²) < 4.78 is 77.9. The van der Waals surface area contributed by atoms with Crippen LogP contribution < -0.4 is 10.6 Å². The first-order valence-electron chi connectivity index (χ1n) is 6.65. The number of carbonyl (C=O) groups is 1.